The van der Waals surface area contributed by atoms with E-state index < -0.39 is 5.97 Å². The van der Waals surface area contributed by atoms with Crippen LogP contribution < -0.4 is 0 Å². The first kappa shape index (κ1) is 17.2. The first-order valence-corrected chi connectivity index (χ1v) is 8.59. The number of carbonyl (C=O) groups excluding carboxylic acids is 1. The molecule has 1 aromatic carbocycles. The summed E-state index contributed by atoms with van der Waals surface area (Å²) in [7, 11) is 0. The number of amides is 1. The summed E-state index contributed by atoms with van der Waals surface area (Å²) in [6.45, 7) is 5.34. The van der Waals surface area contributed by atoms with E-state index >= 15 is 0 Å². The maximum atomic E-state index is 13.0. The van der Waals surface area contributed by atoms with Crippen LogP contribution in [0.2, 0.25) is 0 Å². The van der Waals surface area contributed by atoms with Crippen LogP contribution in [0.5, 0.6) is 0 Å². The molecular weight excluding hydrogens is 318 g/mol. The second-order valence-corrected chi connectivity index (χ2v) is 6.75. The number of carboxylic acid groups (broad SMARTS) is 1. The van der Waals surface area contributed by atoms with Crippen molar-refractivity contribution in [1.82, 2.24) is 14.7 Å². The summed E-state index contributed by atoms with van der Waals surface area (Å²) in [5.74, 6) is -1.32. The minimum absolute atomic E-state index is 0.204. The topological polar surface area (TPSA) is 75.4 Å². The number of aliphatic carboxylic acids is 1. The third kappa shape index (κ3) is 3.16. The van der Waals surface area contributed by atoms with Crippen molar-refractivity contribution in [3.8, 4) is 5.69 Å². The van der Waals surface area contributed by atoms with Gasteiger partial charge in [0.05, 0.1) is 5.69 Å². The predicted octanol–water partition coefficient (Wildman–Crippen LogP) is 2.60. The quantitative estimate of drug-likeness (QED) is 0.907. The normalized spacial score (nSPS) is 13.1. The van der Waals surface area contributed by atoms with Crippen LogP contribution in [-0.4, -0.2) is 44.3 Å². The Morgan fingerprint density at radius 2 is 2.00 bits per heavy atom. The largest absolute Gasteiger partial charge is 0.480 e. The molecule has 1 aliphatic carbocycles. The van der Waals surface area contributed by atoms with Crippen molar-refractivity contribution in [3.63, 3.8) is 0 Å². The molecule has 0 radical (unpaired) electrons. The fourth-order valence-corrected chi connectivity index (χ4v) is 3.38. The van der Waals surface area contributed by atoms with Crippen molar-refractivity contribution in [2.24, 2.45) is 0 Å². The zero-order valence-electron chi connectivity index (χ0n) is 14.8. The Labute approximate surface area is 147 Å². The second kappa shape index (κ2) is 6.70. The first-order valence-electron chi connectivity index (χ1n) is 8.59. The third-order valence-electron chi connectivity index (χ3n) is 4.67. The van der Waals surface area contributed by atoms with E-state index in [9.17, 15) is 9.59 Å². The fourth-order valence-electron chi connectivity index (χ4n) is 3.38. The van der Waals surface area contributed by atoms with E-state index in [1.807, 2.05) is 49.7 Å². The number of hydrogen-bond acceptors (Lipinski definition) is 3. The van der Waals surface area contributed by atoms with Crippen LogP contribution >= 0.6 is 0 Å². The Hall–Kier alpha value is -2.63. The minimum Gasteiger partial charge on any atom is -0.480 e. The molecule has 6 heteroatoms. The molecule has 0 saturated carbocycles. The second-order valence-electron chi connectivity index (χ2n) is 6.75. The van der Waals surface area contributed by atoms with Crippen molar-refractivity contribution < 1.29 is 14.7 Å². The highest BCUT2D eigenvalue weighted by atomic mass is 16.4. The Balaban J connectivity index is 2.06. The van der Waals surface area contributed by atoms with Gasteiger partial charge in [-0.25, -0.2) is 4.68 Å². The van der Waals surface area contributed by atoms with E-state index in [2.05, 4.69) is 5.10 Å². The van der Waals surface area contributed by atoms with E-state index in [-0.39, 0.29) is 18.5 Å². The maximum Gasteiger partial charge on any atom is 0.323 e. The van der Waals surface area contributed by atoms with Crippen LogP contribution in [0.25, 0.3) is 5.69 Å². The van der Waals surface area contributed by atoms with Crippen LogP contribution in [0.15, 0.2) is 24.3 Å². The molecule has 0 spiro atoms. The predicted molar refractivity (Wildman–Crippen MR) is 94.1 cm³/mol. The van der Waals surface area contributed by atoms with Crippen molar-refractivity contribution in [2.45, 2.75) is 46.1 Å². The summed E-state index contributed by atoms with van der Waals surface area (Å²) >= 11 is 0. The number of aryl methyl sites for hydroxylation is 1. The fraction of sp³-hybridized carbons (Fsp3) is 0.421. The molecule has 1 aliphatic rings. The molecule has 0 atom stereocenters. The molecule has 3 rings (SSSR count). The third-order valence-corrected chi connectivity index (χ3v) is 4.67. The zero-order valence-corrected chi connectivity index (χ0v) is 14.8. The summed E-state index contributed by atoms with van der Waals surface area (Å²) in [5.41, 5.74) is 4.48. The number of aromatic nitrogens is 2. The highest BCUT2D eigenvalue weighted by Crippen LogP contribution is 2.29. The molecule has 6 nitrogen and oxygen atoms in total. The molecule has 0 saturated heterocycles. The van der Waals surface area contributed by atoms with E-state index in [0.717, 1.165) is 41.8 Å². The van der Waals surface area contributed by atoms with Crippen molar-refractivity contribution in [3.05, 3.63) is 46.8 Å². The molecule has 132 valence electrons. The average Bonchev–Trinajstić information content (AvgIpc) is 3.14. The van der Waals surface area contributed by atoms with Gasteiger partial charge in [0.15, 0.2) is 5.69 Å². The number of fused-ring (bicyclic) bond motifs is 1. The molecule has 2 aromatic rings. The number of para-hydroxylation sites is 1. The lowest BCUT2D eigenvalue weighted by Crippen LogP contribution is -2.41. The van der Waals surface area contributed by atoms with Gasteiger partial charge in [-0.1, -0.05) is 18.2 Å². The maximum absolute atomic E-state index is 13.0. The lowest BCUT2D eigenvalue weighted by atomic mass is 10.1. The van der Waals surface area contributed by atoms with Gasteiger partial charge in [0, 0.05) is 17.3 Å². The smallest absolute Gasteiger partial charge is 0.323 e. The van der Waals surface area contributed by atoms with E-state index in [1.165, 1.54) is 4.90 Å². The Morgan fingerprint density at radius 3 is 2.64 bits per heavy atom. The Kier molecular flexibility index (Phi) is 4.61. The van der Waals surface area contributed by atoms with Crippen LogP contribution in [0, 0.1) is 6.92 Å². The Bertz CT molecular complexity index is 823. The van der Waals surface area contributed by atoms with Crippen molar-refractivity contribution >= 4 is 11.9 Å². The van der Waals surface area contributed by atoms with Gasteiger partial charge in [-0.15, -0.1) is 0 Å². The number of nitrogens with zero attached hydrogens (tertiary/aromatic N) is 3. The molecule has 0 unspecified atom stereocenters. The first-order chi connectivity index (χ1) is 11.9. The molecule has 25 heavy (non-hydrogen) atoms. The number of benzene rings is 1. The van der Waals surface area contributed by atoms with E-state index in [1.54, 1.807) is 0 Å². The standard InChI is InChI=1S/C19H23N3O3/c1-12(2)21(11-17(23)24)19(25)18-14-8-6-10-16(14)22(20-18)15-9-5-4-7-13(15)3/h4-5,7,9,12H,6,8,10-11H2,1-3H3,(H,23,24). The lowest BCUT2D eigenvalue weighted by molar-refractivity contribution is -0.138. The van der Waals surface area contributed by atoms with E-state index in [0.29, 0.717) is 5.69 Å². The minimum atomic E-state index is -1.02. The summed E-state index contributed by atoms with van der Waals surface area (Å²) in [6.07, 6.45) is 2.67. The highest BCUT2D eigenvalue weighted by molar-refractivity contribution is 5.96. The van der Waals surface area contributed by atoms with Crippen LogP contribution in [-0.2, 0) is 17.6 Å². The van der Waals surface area contributed by atoms with Gasteiger partial charge < -0.3 is 10.0 Å². The van der Waals surface area contributed by atoms with Gasteiger partial charge >= 0.3 is 5.97 Å². The summed E-state index contributed by atoms with van der Waals surface area (Å²) < 4.78 is 1.87. The molecule has 1 aromatic heterocycles. The van der Waals surface area contributed by atoms with Gasteiger partial charge in [0.25, 0.3) is 5.91 Å². The monoisotopic (exact) mass is 341 g/mol. The molecule has 1 amide bonds. The SMILES string of the molecule is Cc1ccccc1-n1nc(C(=O)N(CC(=O)O)C(C)C)c2c1CCC2. The van der Waals surface area contributed by atoms with Crippen LogP contribution in [0.1, 0.15) is 47.6 Å². The average molecular weight is 341 g/mol. The molecule has 0 bridgehead atoms. The van der Waals surface area contributed by atoms with Crippen LogP contribution in [0.3, 0.4) is 0 Å². The number of carboxylic acids is 1. The summed E-state index contributed by atoms with van der Waals surface area (Å²) in [4.78, 5) is 25.5. The van der Waals surface area contributed by atoms with Gasteiger partial charge in [-0.2, -0.15) is 5.10 Å². The molecule has 1 heterocycles. The molecule has 1 N–H and O–H groups in total. The number of carbonyl (C=O) groups is 2. The molecule has 0 fully saturated rings. The van der Waals surface area contributed by atoms with Crippen molar-refractivity contribution in [2.75, 3.05) is 6.54 Å². The number of hydrogen-bond donors (Lipinski definition) is 1. The van der Waals surface area contributed by atoms with Gasteiger partial charge in [0.1, 0.15) is 6.54 Å². The number of rotatable bonds is 5. The lowest BCUT2D eigenvalue weighted by Gasteiger charge is -2.24. The van der Waals surface area contributed by atoms with Gasteiger partial charge in [-0.3, -0.25) is 9.59 Å². The summed E-state index contributed by atoms with van der Waals surface area (Å²) in [5, 5.41) is 13.7. The highest BCUT2D eigenvalue weighted by Gasteiger charge is 2.31. The van der Waals surface area contributed by atoms with Gasteiger partial charge in [-0.05, 0) is 51.7 Å². The van der Waals surface area contributed by atoms with Crippen molar-refractivity contribution in [1.29, 1.82) is 0 Å². The molecule has 0 aliphatic heterocycles. The van der Waals surface area contributed by atoms with E-state index in [4.69, 9.17) is 5.11 Å². The van der Waals surface area contributed by atoms with Gasteiger partial charge in [0.2, 0.25) is 0 Å². The van der Waals surface area contributed by atoms with Crippen LogP contribution in [0.4, 0.5) is 0 Å². The Morgan fingerprint density at radius 1 is 1.28 bits per heavy atom. The summed E-state index contributed by atoms with van der Waals surface area (Å²) in [6, 6.07) is 7.74. The molecular formula is C19H23N3O3. The zero-order chi connectivity index (χ0) is 18.1.